The summed E-state index contributed by atoms with van der Waals surface area (Å²) in [5.41, 5.74) is 5.91. The molecule has 0 aromatic heterocycles. The van der Waals surface area contributed by atoms with Crippen molar-refractivity contribution in [3.8, 4) is 0 Å². The third kappa shape index (κ3) is 2.23. The highest BCUT2D eigenvalue weighted by Gasteiger charge is 2.39. The van der Waals surface area contributed by atoms with E-state index in [9.17, 15) is 4.79 Å². The molecule has 2 aliphatic rings. The van der Waals surface area contributed by atoms with E-state index >= 15 is 0 Å². The molecule has 16 heavy (non-hydrogen) atoms. The van der Waals surface area contributed by atoms with Crippen LogP contribution in [0, 0.1) is 0 Å². The van der Waals surface area contributed by atoms with Crippen molar-refractivity contribution < 1.29 is 9.53 Å². The molecule has 0 aromatic carbocycles. The van der Waals surface area contributed by atoms with Gasteiger partial charge in [0.2, 0.25) is 5.91 Å². The Morgan fingerprint density at radius 1 is 1.56 bits per heavy atom. The molecule has 2 unspecified atom stereocenters. The van der Waals surface area contributed by atoms with Crippen LogP contribution in [0.3, 0.4) is 0 Å². The zero-order chi connectivity index (χ0) is 11.5. The Morgan fingerprint density at radius 3 is 3.12 bits per heavy atom. The molecule has 4 nitrogen and oxygen atoms in total. The molecule has 3 atom stereocenters. The molecule has 0 aromatic rings. The molecule has 0 bridgehead atoms. The minimum Gasteiger partial charge on any atom is -0.374 e. The van der Waals surface area contributed by atoms with Crippen molar-refractivity contribution in [2.24, 2.45) is 5.73 Å². The molecule has 1 aliphatic carbocycles. The monoisotopic (exact) mass is 226 g/mol. The summed E-state index contributed by atoms with van der Waals surface area (Å²) < 4.78 is 5.69. The number of morpholine rings is 1. The Morgan fingerprint density at radius 2 is 2.38 bits per heavy atom. The molecule has 92 valence electrons. The predicted molar refractivity (Wildman–Crippen MR) is 62.0 cm³/mol. The van der Waals surface area contributed by atoms with Gasteiger partial charge in [0.1, 0.15) is 0 Å². The summed E-state index contributed by atoms with van der Waals surface area (Å²) in [6, 6.07) is -0.0199. The molecule has 1 saturated carbocycles. The van der Waals surface area contributed by atoms with Crippen molar-refractivity contribution >= 4 is 5.91 Å². The Hall–Kier alpha value is -0.610. The minimum absolute atomic E-state index is 0.127. The van der Waals surface area contributed by atoms with Crippen LogP contribution in [0.4, 0.5) is 0 Å². The van der Waals surface area contributed by atoms with Crippen LogP contribution < -0.4 is 5.73 Å². The van der Waals surface area contributed by atoms with Gasteiger partial charge in [-0.2, -0.15) is 0 Å². The molecule has 0 radical (unpaired) electrons. The van der Waals surface area contributed by atoms with Gasteiger partial charge in [0.05, 0.1) is 24.8 Å². The number of nitrogens with zero attached hydrogens (tertiary/aromatic N) is 1. The van der Waals surface area contributed by atoms with Crippen molar-refractivity contribution in [3.05, 3.63) is 0 Å². The molecular weight excluding hydrogens is 204 g/mol. The first-order valence-electron chi connectivity index (χ1n) is 6.41. The third-order valence-electron chi connectivity index (χ3n) is 3.68. The van der Waals surface area contributed by atoms with E-state index in [-0.39, 0.29) is 18.1 Å². The van der Waals surface area contributed by atoms with Crippen LogP contribution in [0.5, 0.6) is 0 Å². The number of hydrogen-bond acceptors (Lipinski definition) is 3. The predicted octanol–water partition coefficient (Wildman–Crippen LogP) is 0.894. The van der Waals surface area contributed by atoms with Crippen LogP contribution in [-0.4, -0.2) is 42.1 Å². The van der Waals surface area contributed by atoms with Crippen LogP contribution in [0.15, 0.2) is 0 Å². The fourth-order valence-electron chi connectivity index (χ4n) is 2.85. The molecule has 2 fully saturated rings. The highest BCUT2D eigenvalue weighted by atomic mass is 16.5. The summed E-state index contributed by atoms with van der Waals surface area (Å²) in [5.74, 6) is 0.127. The second-order valence-electron chi connectivity index (χ2n) is 4.83. The standard InChI is InChI=1S/C12H22N2O2/c1-2-4-9(13)12(15)14-7-8-16-11-6-3-5-10(11)14/h9-11H,2-8,13H2,1H3/t9-,10?,11?/m1/s1. The van der Waals surface area contributed by atoms with E-state index < -0.39 is 0 Å². The van der Waals surface area contributed by atoms with Crippen molar-refractivity contribution in [1.29, 1.82) is 0 Å². The second-order valence-corrected chi connectivity index (χ2v) is 4.83. The normalized spacial score (nSPS) is 31.2. The third-order valence-corrected chi connectivity index (χ3v) is 3.68. The van der Waals surface area contributed by atoms with Gasteiger partial charge >= 0.3 is 0 Å². The maximum absolute atomic E-state index is 12.2. The van der Waals surface area contributed by atoms with E-state index in [2.05, 4.69) is 6.92 Å². The smallest absolute Gasteiger partial charge is 0.239 e. The van der Waals surface area contributed by atoms with Gasteiger partial charge in [0.25, 0.3) is 0 Å². The van der Waals surface area contributed by atoms with Crippen molar-refractivity contribution in [2.45, 2.75) is 57.2 Å². The highest BCUT2D eigenvalue weighted by molar-refractivity contribution is 5.82. The molecule has 0 spiro atoms. The first-order valence-corrected chi connectivity index (χ1v) is 6.41. The van der Waals surface area contributed by atoms with Crippen LogP contribution in [0.25, 0.3) is 0 Å². The van der Waals surface area contributed by atoms with Gasteiger partial charge in [-0.15, -0.1) is 0 Å². The topological polar surface area (TPSA) is 55.6 Å². The summed E-state index contributed by atoms with van der Waals surface area (Å²) >= 11 is 0. The number of fused-ring (bicyclic) bond motifs is 1. The number of hydrogen-bond donors (Lipinski definition) is 1. The minimum atomic E-state index is -0.315. The van der Waals surface area contributed by atoms with Gasteiger partial charge < -0.3 is 15.4 Å². The van der Waals surface area contributed by atoms with E-state index in [1.807, 2.05) is 4.90 Å². The second kappa shape index (κ2) is 5.15. The molecule has 1 heterocycles. The summed E-state index contributed by atoms with van der Waals surface area (Å²) in [7, 11) is 0. The Labute approximate surface area is 97.1 Å². The van der Waals surface area contributed by atoms with Crippen molar-refractivity contribution in [2.75, 3.05) is 13.2 Å². The molecule has 1 saturated heterocycles. The zero-order valence-corrected chi connectivity index (χ0v) is 10.0. The first kappa shape index (κ1) is 11.9. The van der Waals surface area contributed by atoms with E-state index in [0.717, 1.165) is 32.2 Å². The van der Waals surface area contributed by atoms with Gasteiger partial charge in [-0.25, -0.2) is 0 Å². The lowest BCUT2D eigenvalue weighted by Gasteiger charge is -2.38. The molecular formula is C12H22N2O2. The first-order chi connectivity index (χ1) is 7.74. The van der Waals surface area contributed by atoms with Gasteiger partial charge in [0, 0.05) is 6.54 Å². The quantitative estimate of drug-likeness (QED) is 0.777. The van der Waals surface area contributed by atoms with E-state index in [1.54, 1.807) is 0 Å². The zero-order valence-electron chi connectivity index (χ0n) is 10.0. The SMILES string of the molecule is CCC[C@@H](N)C(=O)N1CCOC2CCCC21. The number of nitrogens with two attached hydrogens (primary N) is 1. The highest BCUT2D eigenvalue weighted by Crippen LogP contribution is 2.30. The Kier molecular flexibility index (Phi) is 3.82. The van der Waals surface area contributed by atoms with Crippen LogP contribution in [-0.2, 0) is 9.53 Å². The molecule has 1 aliphatic heterocycles. The van der Waals surface area contributed by atoms with Crippen LogP contribution in [0.1, 0.15) is 39.0 Å². The molecule has 2 N–H and O–H groups in total. The molecule has 2 rings (SSSR count). The summed E-state index contributed by atoms with van der Waals surface area (Å²) in [4.78, 5) is 14.1. The van der Waals surface area contributed by atoms with Crippen LogP contribution in [0.2, 0.25) is 0 Å². The fourth-order valence-corrected chi connectivity index (χ4v) is 2.85. The molecule has 1 amide bonds. The Bertz CT molecular complexity index is 257. The number of amides is 1. The average molecular weight is 226 g/mol. The van der Waals surface area contributed by atoms with E-state index in [0.29, 0.717) is 12.6 Å². The van der Waals surface area contributed by atoms with Crippen molar-refractivity contribution in [3.63, 3.8) is 0 Å². The lowest BCUT2D eigenvalue weighted by molar-refractivity contribution is -0.145. The van der Waals surface area contributed by atoms with Crippen molar-refractivity contribution in [1.82, 2.24) is 4.90 Å². The van der Waals surface area contributed by atoms with Crippen LogP contribution >= 0.6 is 0 Å². The number of rotatable bonds is 3. The Balaban J connectivity index is 1.99. The number of ether oxygens (including phenoxy) is 1. The van der Waals surface area contributed by atoms with Gasteiger partial charge in [-0.05, 0) is 25.7 Å². The maximum Gasteiger partial charge on any atom is 0.239 e. The summed E-state index contributed by atoms with van der Waals surface area (Å²) in [6.45, 7) is 3.45. The number of carbonyl (C=O) groups excluding carboxylic acids is 1. The average Bonchev–Trinajstić information content (AvgIpc) is 2.76. The maximum atomic E-state index is 12.2. The van der Waals surface area contributed by atoms with Gasteiger partial charge in [0.15, 0.2) is 0 Å². The van der Waals surface area contributed by atoms with Gasteiger partial charge in [-0.1, -0.05) is 13.3 Å². The van der Waals surface area contributed by atoms with E-state index in [1.165, 1.54) is 6.42 Å². The summed E-state index contributed by atoms with van der Waals surface area (Å²) in [5, 5.41) is 0. The number of carbonyl (C=O) groups is 1. The lowest BCUT2D eigenvalue weighted by Crippen LogP contribution is -2.55. The largest absolute Gasteiger partial charge is 0.374 e. The van der Waals surface area contributed by atoms with E-state index in [4.69, 9.17) is 10.5 Å². The summed E-state index contributed by atoms with van der Waals surface area (Å²) in [6.07, 6.45) is 5.36. The van der Waals surface area contributed by atoms with Gasteiger partial charge in [-0.3, -0.25) is 4.79 Å². The molecule has 4 heteroatoms. The fraction of sp³-hybridized carbons (Fsp3) is 0.917. The lowest BCUT2D eigenvalue weighted by atomic mass is 10.1.